The van der Waals surface area contributed by atoms with Crippen LogP contribution in [0.1, 0.15) is 26.6 Å². The number of hydrogen-bond acceptors (Lipinski definition) is 5. The molecule has 0 atom stereocenters. The Morgan fingerprint density at radius 1 is 1.14 bits per heavy atom. The van der Waals surface area contributed by atoms with Crippen molar-refractivity contribution >= 4 is 17.1 Å². The summed E-state index contributed by atoms with van der Waals surface area (Å²) in [6, 6.07) is 15.1. The number of ketones is 1. The summed E-state index contributed by atoms with van der Waals surface area (Å²) in [5, 5.41) is 2.04. The van der Waals surface area contributed by atoms with Gasteiger partial charge in [0.1, 0.15) is 6.54 Å². The van der Waals surface area contributed by atoms with Gasteiger partial charge in [0.05, 0.1) is 6.54 Å². The van der Waals surface area contributed by atoms with Crippen LogP contribution in [0.15, 0.2) is 63.2 Å². The van der Waals surface area contributed by atoms with E-state index in [1.165, 1.54) is 4.88 Å². The lowest BCUT2D eigenvalue weighted by Gasteiger charge is -2.08. The zero-order valence-electron chi connectivity index (χ0n) is 15.6. The number of rotatable bonds is 6. The standard InChI is InChI=1S/C21H19N3O3S/c1-14-11-18(15(2)23(14)12-17-9-6-10-28-17)19(25)13-24-21(26)22-20(27-24)16-7-4-3-5-8-16/h3-11H,12-13H2,1-2H3. The van der Waals surface area contributed by atoms with Crippen LogP contribution in [0.3, 0.4) is 0 Å². The Balaban J connectivity index is 1.58. The summed E-state index contributed by atoms with van der Waals surface area (Å²) in [4.78, 5) is 30.1. The molecule has 7 heteroatoms. The maximum atomic E-state index is 12.8. The Hall–Kier alpha value is -3.19. The molecule has 142 valence electrons. The molecule has 0 saturated heterocycles. The molecule has 0 saturated carbocycles. The van der Waals surface area contributed by atoms with Crippen LogP contribution in [0.4, 0.5) is 0 Å². The van der Waals surface area contributed by atoms with Crippen LogP contribution in [-0.4, -0.2) is 20.1 Å². The topological polar surface area (TPSA) is 70.0 Å². The highest BCUT2D eigenvalue weighted by Gasteiger charge is 2.19. The van der Waals surface area contributed by atoms with Crippen molar-refractivity contribution in [3.63, 3.8) is 0 Å². The summed E-state index contributed by atoms with van der Waals surface area (Å²) in [6.45, 7) is 4.45. The number of Topliss-reactive ketones (excluding diaryl/α,β-unsaturated/α-hetero) is 1. The van der Waals surface area contributed by atoms with Crippen LogP contribution in [0.5, 0.6) is 0 Å². The number of aromatic nitrogens is 3. The highest BCUT2D eigenvalue weighted by molar-refractivity contribution is 7.09. The number of hydrogen-bond donors (Lipinski definition) is 0. The van der Waals surface area contributed by atoms with E-state index in [1.54, 1.807) is 23.5 Å². The van der Waals surface area contributed by atoms with E-state index >= 15 is 0 Å². The lowest BCUT2D eigenvalue weighted by Crippen LogP contribution is -2.21. The van der Waals surface area contributed by atoms with E-state index in [2.05, 4.69) is 15.6 Å². The molecule has 0 bridgehead atoms. The molecule has 0 amide bonds. The van der Waals surface area contributed by atoms with Gasteiger partial charge in [-0.1, -0.05) is 24.3 Å². The molecule has 4 aromatic rings. The Morgan fingerprint density at radius 2 is 1.93 bits per heavy atom. The summed E-state index contributed by atoms with van der Waals surface area (Å²) >= 11 is 1.68. The molecule has 0 fully saturated rings. The van der Waals surface area contributed by atoms with Crippen molar-refractivity contribution in [2.45, 2.75) is 26.9 Å². The smallest absolute Gasteiger partial charge is 0.354 e. The number of aryl methyl sites for hydroxylation is 1. The zero-order valence-corrected chi connectivity index (χ0v) is 16.4. The highest BCUT2D eigenvalue weighted by atomic mass is 32.1. The molecule has 0 aliphatic rings. The van der Waals surface area contributed by atoms with Gasteiger partial charge in [-0.05, 0) is 43.5 Å². The molecular formula is C21H19N3O3S. The van der Waals surface area contributed by atoms with Crippen molar-refractivity contribution < 1.29 is 9.32 Å². The molecular weight excluding hydrogens is 374 g/mol. The third-order valence-corrected chi connectivity index (χ3v) is 5.54. The van der Waals surface area contributed by atoms with E-state index < -0.39 is 5.69 Å². The van der Waals surface area contributed by atoms with E-state index in [-0.39, 0.29) is 18.2 Å². The first-order valence-corrected chi connectivity index (χ1v) is 9.77. The van der Waals surface area contributed by atoms with Gasteiger partial charge < -0.3 is 9.09 Å². The number of thiophene rings is 1. The van der Waals surface area contributed by atoms with Gasteiger partial charge in [0, 0.05) is 27.4 Å². The van der Waals surface area contributed by atoms with Gasteiger partial charge >= 0.3 is 5.69 Å². The maximum Gasteiger partial charge on any atom is 0.380 e. The molecule has 0 spiro atoms. The molecule has 6 nitrogen and oxygen atoms in total. The fourth-order valence-corrected chi connectivity index (χ4v) is 3.90. The van der Waals surface area contributed by atoms with Crippen LogP contribution in [0.2, 0.25) is 0 Å². The molecule has 3 heterocycles. The number of benzene rings is 1. The van der Waals surface area contributed by atoms with Gasteiger partial charge in [-0.15, -0.1) is 16.1 Å². The van der Waals surface area contributed by atoms with E-state index in [0.717, 1.165) is 22.7 Å². The van der Waals surface area contributed by atoms with Crippen molar-refractivity contribution in [3.05, 3.63) is 86.2 Å². The fourth-order valence-electron chi connectivity index (χ4n) is 3.21. The predicted molar refractivity (Wildman–Crippen MR) is 108 cm³/mol. The second-order valence-corrected chi connectivity index (χ2v) is 7.60. The van der Waals surface area contributed by atoms with Gasteiger partial charge in [0.2, 0.25) is 0 Å². The number of carbonyl (C=O) groups excluding carboxylic acids is 1. The SMILES string of the molecule is Cc1cc(C(=O)Cn2oc(-c3ccccc3)nc2=O)c(C)n1Cc1cccs1. The van der Waals surface area contributed by atoms with Crippen molar-refractivity contribution in [2.75, 3.05) is 0 Å². The van der Waals surface area contributed by atoms with Crippen LogP contribution in [0, 0.1) is 13.8 Å². The van der Waals surface area contributed by atoms with Gasteiger partial charge in [0.25, 0.3) is 5.89 Å². The fraction of sp³-hybridized carbons (Fsp3) is 0.190. The number of nitrogens with zero attached hydrogens (tertiary/aromatic N) is 3. The van der Waals surface area contributed by atoms with E-state index in [0.29, 0.717) is 11.1 Å². The Kier molecular flexibility index (Phi) is 4.83. The summed E-state index contributed by atoms with van der Waals surface area (Å²) in [5.74, 6) is 0.0324. The van der Waals surface area contributed by atoms with Crippen molar-refractivity contribution in [1.82, 2.24) is 14.3 Å². The molecule has 0 aliphatic heterocycles. The molecule has 1 aromatic carbocycles. The van der Waals surface area contributed by atoms with Crippen LogP contribution in [0.25, 0.3) is 11.5 Å². The quantitative estimate of drug-likeness (QED) is 0.466. The first-order chi connectivity index (χ1) is 13.5. The lowest BCUT2D eigenvalue weighted by atomic mass is 10.1. The summed E-state index contributed by atoms with van der Waals surface area (Å²) in [6.07, 6.45) is 0. The second kappa shape index (κ2) is 7.44. The van der Waals surface area contributed by atoms with E-state index in [4.69, 9.17) is 4.52 Å². The molecule has 0 N–H and O–H groups in total. The Morgan fingerprint density at radius 3 is 2.64 bits per heavy atom. The average Bonchev–Trinajstić information content (AvgIpc) is 3.40. The number of carbonyl (C=O) groups is 1. The molecule has 0 radical (unpaired) electrons. The van der Waals surface area contributed by atoms with Crippen LogP contribution >= 0.6 is 11.3 Å². The molecule has 4 rings (SSSR count). The third kappa shape index (κ3) is 3.48. The van der Waals surface area contributed by atoms with Crippen LogP contribution in [-0.2, 0) is 13.1 Å². The van der Waals surface area contributed by atoms with Crippen molar-refractivity contribution in [2.24, 2.45) is 0 Å². The van der Waals surface area contributed by atoms with Crippen molar-refractivity contribution in [1.29, 1.82) is 0 Å². The van der Waals surface area contributed by atoms with Gasteiger partial charge in [0.15, 0.2) is 5.78 Å². The van der Waals surface area contributed by atoms with Gasteiger partial charge in [-0.2, -0.15) is 4.98 Å². The highest BCUT2D eigenvalue weighted by Crippen LogP contribution is 2.20. The minimum atomic E-state index is -0.570. The normalized spacial score (nSPS) is 11.1. The second-order valence-electron chi connectivity index (χ2n) is 6.57. The Labute approximate surface area is 165 Å². The van der Waals surface area contributed by atoms with Crippen LogP contribution < -0.4 is 5.69 Å². The molecule has 3 aromatic heterocycles. The minimum Gasteiger partial charge on any atom is -0.354 e. The van der Waals surface area contributed by atoms with Gasteiger partial charge in [-0.25, -0.2) is 4.79 Å². The molecule has 0 aliphatic carbocycles. The lowest BCUT2D eigenvalue weighted by molar-refractivity contribution is 0.0930. The summed E-state index contributed by atoms with van der Waals surface area (Å²) < 4.78 is 8.64. The molecule has 28 heavy (non-hydrogen) atoms. The summed E-state index contributed by atoms with van der Waals surface area (Å²) in [5.41, 5.74) is 2.61. The average molecular weight is 393 g/mol. The zero-order chi connectivity index (χ0) is 19.7. The van der Waals surface area contributed by atoms with E-state index in [9.17, 15) is 9.59 Å². The monoisotopic (exact) mass is 393 g/mol. The largest absolute Gasteiger partial charge is 0.380 e. The Bertz CT molecular complexity index is 1170. The third-order valence-electron chi connectivity index (χ3n) is 4.68. The van der Waals surface area contributed by atoms with E-state index in [1.807, 2.05) is 49.6 Å². The van der Waals surface area contributed by atoms with Gasteiger partial charge in [-0.3, -0.25) is 4.79 Å². The first kappa shape index (κ1) is 18.2. The van der Waals surface area contributed by atoms with Crippen molar-refractivity contribution in [3.8, 4) is 11.5 Å². The minimum absolute atomic E-state index is 0.177. The first-order valence-electron chi connectivity index (χ1n) is 8.89. The molecule has 0 unspecified atom stereocenters. The summed E-state index contributed by atoms with van der Waals surface area (Å²) in [7, 11) is 0. The maximum absolute atomic E-state index is 12.8. The predicted octanol–water partition coefficient (Wildman–Crippen LogP) is 3.91.